The summed E-state index contributed by atoms with van der Waals surface area (Å²) in [6.07, 6.45) is 1.05. The summed E-state index contributed by atoms with van der Waals surface area (Å²) in [6.45, 7) is 0. The summed E-state index contributed by atoms with van der Waals surface area (Å²) in [6, 6.07) is 7.22. The molecular weight excluding hydrogens is 296 g/mol. The molecule has 0 amide bonds. The molecule has 0 bridgehead atoms. The number of ether oxygens (including phenoxy) is 1. The van der Waals surface area contributed by atoms with Gasteiger partial charge in [0.15, 0.2) is 11.6 Å². The Labute approximate surface area is 121 Å². The van der Waals surface area contributed by atoms with Gasteiger partial charge in [-0.15, -0.1) is 9.19 Å². The smallest absolute Gasteiger partial charge is 0.252 e. The lowest BCUT2D eigenvalue weighted by atomic mass is 10.3. The van der Waals surface area contributed by atoms with Gasteiger partial charge in [0.25, 0.3) is 10.0 Å². The van der Waals surface area contributed by atoms with Crippen LogP contribution >= 0.6 is 0 Å². The molecule has 0 aliphatic carbocycles. The second kappa shape index (κ2) is 4.45. The standard InChI is InChI=1S/C11H14N6O3S/c1-20-8-5-3-4-7(6-8)16-13-9-10(12)14-17(11(9)15-16)21(2,18)19/h3-6,13,15H,1-2H3,(H2,12,14). The summed E-state index contributed by atoms with van der Waals surface area (Å²) in [5, 5.41) is 5.33. The van der Waals surface area contributed by atoms with Crippen LogP contribution in [0.25, 0.3) is 0 Å². The number of fused-ring (bicyclic) bond motifs is 1. The van der Waals surface area contributed by atoms with Crippen LogP contribution in [0.5, 0.6) is 5.75 Å². The molecule has 0 saturated heterocycles. The van der Waals surface area contributed by atoms with Crippen LogP contribution in [0.15, 0.2) is 24.3 Å². The van der Waals surface area contributed by atoms with Gasteiger partial charge in [0.2, 0.25) is 0 Å². The Morgan fingerprint density at radius 1 is 1.33 bits per heavy atom. The molecule has 4 N–H and O–H groups in total. The maximum atomic E-state index is 11.7. The van der Waals surface area contributed by atoms with Crippen LogP contribution < -0.4 is 26.4 Å². The van der Waals surface area contributed by atoms with E-state index >= 15 is 0 Å². The zero-order valence-electron chi connectivity index (χ0n) is 11.4. The Balaban J connectivity index is 1.98. The topological polar surface area (TPSA) is 115 Å². The summed E-state index contributed by atoms with van der Waals surface area (Å²) in [7, 11) is -1.99. The van der Waals surface area contributed by atoms with Crippen molar-refractivity contribution in [3.8, 4) is 5.75 Å². The molecule has 21 heavy (non-hydrogen) atoms. The zero-order chi connectivity index (χ0) is 15.2. The van der Waals surface area contributed by atoms with Crippen molar-refractivity contribution in [2.75, 3.05) is 35.1 Å². The molecule has 0 atom stereocenters. The first kappa shape index (κ1) is 13.4. The Kier molecular flexibility index (Phi) is 2.83. The highest BCUT2D eigenvalue weighted by Gasteiger charge is 2.30. The average molecular weight is 310 g/mol. The number of rotatable bonds is 3. The normalized spacial score (nSPS) is 13.5. The first-order valence-electron chi connectivity index (χ1n) is 5.96. The van der Waals surface area contributed by atoms with Crippen molar-refractivity contribution in [3.63, 3.8) is 0 Å². The number of aromatic nitrogens is 2. The molecule has 112 valence electrons. The molecule has 0 fully saturated rings. The average Bonchev–Trinajstić information content (AvgIpc) is 2.99. The molecule has 1 aromatic heterocycles. The summed E-state index contributed by atoms with van der Waals surface area (Å²) >= 11 is 0. The van der Waals surface area contributed by atoms with Gasteiger partial charge in [0, 0.05) is 6.07 Å². The highest BCUT2D eigenvalue weighted by Crippen LogP contribution is 2.36. The van der Waals surface area contributed by atoms with Gasteiger partial charge in [0.05, 0.1) is 19.1 Å². The van der Waals surface area contributed by atoms with Gasteiger partial charge in [-0.2, -0.15) is 5.12 Å². The lowest BCUT2D eigenvalue weighted by Crippen LogP contribution is -2.31. The van der Waals surface area contributed by atoms with E-state index in [1.165, 1.54) is 5.12 Å². The van der Waals surface area contributed by atoms with E-state index in [9.17, 15) is 8.42 Å². The first-order chi connectivity index (χ1) is 9.90. The predicted octanol–water partition coefficient (Wildman–Crippen LogP) is 0.456. The maximum Gasteiger partial charge on any atom is 0.252 e. The minimum Gasteiger partial charge on any atom is -0.497 e. The van der Waals surface area contributed by atoms with Crippen LogP contribution in [0.4, 0.5) is 23.0 Å². The van der Waals surface area contributed by atoms with E-state index in [0.717, 1.165) is 16.0 Å². The van der Waals surface area contributed by atoms with Crippen molar-refractivity contribution in [1.29, 1.82) is 0 Å². The molecule has 0 saturated carbocycles. The molecule has 1 aromatic carbocycles. The number of methoxy groups -OCH3 is 1. The molecule has 1 aliphatic heterocycles. The fourth-order valence-electron chi connectivity index (χ4n) is 1.99. The van der Waals surface area contributed by atoms with Gasteiger partial charge in [-0.1, -0.05) is 6.07 Å². The number of nitrogens with one attached hydrogen (secondary N) is 2. The van der Waals surface area contributed by atoms with Crippen LogP contribution in [-0.2, 0) is 10.0 Å². The van der Waals surface area contributed by atoms with E-state index in [4.69, 9.17) is 10.5 Å². The Bertz CT molecular complexity index is 800. The van der Waals surface area contributed by atoms with Gasteiger partial charge in [-0.25, -0.2) is 8.42 Å². The van der Waals surface area contributed by atoms with Crippen molar-refractivity contribution in [2.45, 2.75) is 0 Å². The molecule has 0 spiro atoms. The number of benzene rings is 1. The van der Waals surface area contributed by atoms with Gasteiger partial charge >= 0.3 is 0 Å². The number of nitrogens with zero attached hydrogens (tertiary/aromatic N) is 3. The summed E-state index contributed by atoms with van der Waals surface area (Å²) < 4.78 is 29.4. The molecule has 0 unspecified atom stereocenters. The summed E-state index contributed by atoms with van der Waals surface area (Å²) in [5.41, 5.74) is 12.7. The largest absolute Gasteiger partial charge is 0.497 e. The van der Waals surface area contributed by atoms with Crippen LogP contribution in [0.1, 0.15) is 0 Å². The number of hydrogen-bond acceptors (Lipinski definition) is 8. The fourth-order valence-corrected chi connectivity index (χ4v) is 2.69. The van der Waals surface area contributed by atoms with E-state index in [-0.39, 0.29) is 11.6 Å². The first-order valence-corrected chi connectivity index (χ1v) is 7.81. The predicted molar refractivity (Wildman–Crippen MR) is 79.6 cm³/mol. The molecule has 3 rings (SSSR count). The number of anilines is 4. The number of nitrogen functional groups attached to an aromatic ring is 1. The minimum atomic E-state index is -3.55. The Hall–Kier alpha value is -2.62. The lowest BCUT2D eigenvalue weighted by Gasteiger charge is -2.20. The molecule has 9 nitrogen and oxygen atoms in total. The van der Waals surface area contributed by atoms with E-state index in [0.29, 0.717) is 11.4 Å². The number of hydrazine groups is 2. The molecule has 2 aromatic rings. The van der Waals surface area contributed by atoms with Crippen molar-refractivity contribution >= 4 is 33.0 Å². The van der Waals surface area contributed by atoms with Crippen LogP contribution in [0, 0.1) is 0 Å². The van der Waals surface area contributed by atoms with Gasteiger partial charge in [-0.3, -0.25) is 10.9 Å². The van der Waals surface area contributed by atoms with E-state index < -0.39 is 10.0 Å². The third-order valence-electron chi connectivity index (χ3n) is 2.95. The highest BCUT2D eigenvalue weighted by atomic mass is 32.2. The molecule has 2 heterocycles. The van der Waals surface area contributed by atoms with Crippen molar-refractivity contribution < 1.29 is 13.2 Å². The molecule has 10 heteroatoms. The van der Waals surface area contributed by atoms with Gasteiger partial charge < -0.3 is 10.5 Å². The Morgan fingerprint density at radius 3 is 2.76 bits per heavy atom. The maximum absolute atomic E-state index is 11.7. The SMILES string of the molecule is COc1cccc(N2Nc3c(N)nn(S(C)(=O)=O)c3N2)c1. The minimum absolute atomic E-state index is 0.0910. The van der Waals surface area contributed by atoms with Crippen LogP contribution in [0.3, 0.4) is 0 Å². The molecular formula is C11H14N6O3S. The second-order valence-electron chi connectivity index (χ2n) is 4.48. The number of hydrogen-bond donors (Lipinski definition) is 3. The third kappa shape index (κ3) is 2.18. The monoisotopic (exact) mass is 310 g/mol. The highest BCUT2D eigenvalue weighted by molar-refractivity contribution is 7.89. The van der Waals surface area contributed by atoms with Crippen LogP contribution in [-0.4, -0.2) is 31.0 Å². The van der Waals surface area contributed by atoms with E-state index in [1.807, 2.05) is 12.1 Å². The van der Waals surface area contributed by atoms with Crippen molar-refractivity contribution in [1.82, 2.24) is 9.19 Å². The molecule has 1 aliphatic rings. The third-order valence-corrected chi connectivity index (χ3v) is 3.84. The van der Waals surface area contributed by atoms with Crippen molar-refractivity contribution in [2.24, 2.45) is 0 Å². The quantitative estimate of drug-likeness (QED) is 0.749. The Morgan fingerprint density at radius 2 is 2.10 bits per heavy atom. The molecule has 0 radical (unpaired) electrons. The van der Waals surface area contributed by atoms with Gasteiger partial charge in [0.1, 0.15) is 11.4 Å². The lowest BCUT2D eigenvalue weighted by molar-refractivity contribution is 0.415. The fraction of sp³-hybridized carbons (Fsp3) is 0.182. The van der Waals surface area contributed by atoms with E-state index in [2.05, 4.69) is 16.0 Å². The second-order valence-corrected chi connectivity index (χ2v) is 6.29. The number of nitrogens with two attached hydrogens (primary N) is 1. The summed E-state index contributed by atoms with van der Waals surface area (Å²) in [5.74, 6) is 1.02. The van der Waals surface area contributed by atoms with Crippen molar-refractivity contribution in [3.05, 3.63) is 24.3 Å². The summed E-state index contributed by atoms with van der Waals surface area (Å²) in [4.78, 5) is 0. The zero-order valence-corrected chi connectivity index (χ0v) is 12.2. The van der Waals surface area contributed by atoms with Gasteiger partial charge in [-0.05, 0) is 12.1 Å². The van der Waals surface area contributed by atoms with Crippen LogP contribution in [0.2, 0.25) is 0 Å². The van der Waals surface area contributed by atoms with E-state index in [1.54, 1.807) is 19.2 Å².